The molecule has 2 unspecified atom stereocenters. The number of carbonyl (C=O) groups is 1. The molecule has 0 amide bonds. The van der Waals surface area contributed by atoms with Crippen molar-refractivity contribution < 1.29 is 17.9 Å². The van der Waals surface area contributed by atoms with Crippen molar-refractivity contribution in [3.63, 3.8) is 0 Å². The molecule has 0 bridgehead atoms. The third kappa shape index (κ3) is 3.27. The van der Waals surface area contributed by atoms with Crippen LogP contribution in [0.25, 0.3) is 0 Å². The molecule has 31 heavy (non-hydrogen) atoms. The first-order chi connectivity index (χ1) is 14.8. The van der Waals surface area contributed by atoms with E-state index in [-0.39, 0.29) is 22.8 Å². The van der Waals surface area contributed by atoms with Crippen molar-refractivity contribution in [1.82, 2.24) is 4.31 Å². The van der Waals surface area contributed by atoms with Crippen LogP contribution < -0.4 is 0 Å². The normalized spacial score (nSPS) is 31.3. The molecule has 1 heterocycles. The number of carbonyl (C=O) groups excluding carboxylic acids is 1. The maximum Gasteiger partial charge on any atom is 0.245 e. The average molecular weight is 440 g/mol. The van der Waals surface area contributed by atoms with Crippen LogP contribution in [0.15, 0.2) is 53.4 Å². The molecule has 0 aromatic heterocycles. The lowest BCUT2D eigenvalue weighted by atomic mass is 9.70. The summed E-state index contributed by atoms with van der Waals surface area (Å²) in [5, 5.41) is 0. The number of ketones is 1. The predicted molar refractivity (Wildman–Crippen MR) is 118 cm³/mol. The molecular formula is C25H29NO4S. The van der Waals surface area contributed by atoms with Crippen LogP contribution >= 0.6 is 0 Å². The Bertz CT molecular complexity index is 1110. The maximum absolute atomic E-state index is 13.9. The Hall–Kier alpha value is -2.02. The monoisotopic (exact) mass is 439 g/mol. The van der Waals surface area contributed by atoms with Crippen molar-refractivity contribution in [2.24, 2.45) is 5.41 Å². The molecule has 164 valence electrons. The fourth-order valence-corrected chi connectivity index (χ4v) is 7.36. The van der Waals surface area contributed by atoms with Gasteiger partial charge in [-0.05, 0) is 57.2 Å². The fraction of sp³-hybridized carbons (Fsp3) is 0.480. The molecule has 1 aliphatic heterocycles. The molecule has 1 saturated heterocycles. The molecule has 5 rings (SSSR count). The number of Topliss-reactive ketones (excluding diaryl/α,β-unsaturated/α-hetero) is 1. The van der Waals surface area contributed by atoms with Crippen LogP contribution in [0.2, 0.25) is 0 Å². The van der Waals surface area contributed by atoms with E-state index in [1.54, 1.807) is 16.4 Å². The van der Waals surface area contributed by atoms with E-state index < -0.39 is 21.7 Å². The second kappa shape index (κ2) is 7.54. The summed E-state index contributed by atoms with van der Waals surface area (Å²) < 4.78 is 35.8. The lowest BCUT2D eigenvalue weighted by Gasteiger charge is -2.41. The lowest BCUT2D eigenvalue weighted by molar-refractivity contribution is -0.0540. The summed E-state index contributed by atoms with van der Waals surface area (Å²) in [6, 6.07) is 14.4. The van der Waals surface area contributed by atoms with Crippen LogP contribution in [0.3, 0.4) is 0 Å². The first-order valence-corrected chi connectivity index (χ1v) is 12.6. The Morgan fingerprint density at radius 1 is 1.03 bits per heavy atom. The van der Waals surface area contributed by atoms with E-state index in [0.29, 0.717) is 12.0 Å². The minimum atomic E-state index is -3.81. The molecule has 1 saturated carbocycles. The van der Waals surface area contributed by atoms with E-state index in [1.165, 1.54) is 0 Å². The van der Waals surface area contributed by atoms with Gasteiger partial charge in [0.05, 0.1) is 22.5 Å². The Labute approximate surface area is 184 Å². The van der Waals surface area contributed by atoms with Gasteiger partial charge < -0.3 is 4.74 Å². The highest BCUT2D eigenvalue weighted by atomic mass is 32.2. The number of nitrogens with zero attached hydrogens (tertiary/aromatic N) is 1. The molecule has 2 aliphatic carbocycles. The molecule has 2 fully saturated rings. The topological polar surface area (TPSA) is 63.7 Å². The molecule has 0 N–H and O–H groups in total. The van der Waals surface area contributed by atoms with E-state index in [0.717, 1.165) is 43.2 Å². The third-order valence-corrected chi connectivity index (χ3v) is 9.25. The molecule has 6 heteroatoms. The van der Waals surface area contributed by atoms with Crippen LogP contribution in [0.1, 0.15) is 60.5 Å². The van der Waals surface area contributed by atoms with Crippen molar-refractivity contribution in [2.45, 2.75) is 75.6 Å². The van der Waals surface area contributed by atoms with Crippen LogP contribution in [-0.4, -0.2) is 36.9 Å². The number of benzene rings is 2. The predicted octanol–water partition coefficient (Wildman–Crippen LogP) is 4.49. The minimum absolute atomic E-state index is 0.0119. The summed E-state index contributed by atoms with van der Waals surface area (Å²) in [5.74, 6) is -0.0119. The van der Waals surface area contributed by atoms with E-state index in [4.69, 9.17) is 4.74 Å². The molecule has 5 nitrogen and oxygen atoms in total. The zero-order chi connectivity index (χ0) is 21.8. The van der Waals surface area contributed by atoms with Gasteiger partial charge in [0.25, 0.3) is 0 Å². The van der Waals surface area contributed by atoms with Gasteiger partial charge in [-0.15, -0.1) is 0 Å². The second-order valence-corrected chi connectivity index (χ2v) is 11.3. The first-order valence-electron chi connectivity index (χ1n) is 11.2. The number of rotatable bonds is 3. The third-order valence-electron chi connectivity index (χ3n) is 7.37. The van der Waals surface area contributed by atoms with E-state index in [9.17, 15) is 13.2 Å². The zero-order valence-corrected chi connectivity index (χ0v) is 18.9. The number of ether oxygens (including phenoxy) is 1. The largest absolute Gasteiger partial charge is 0.356 e. The highest BCUT2D eigenvalue weighted by Crippen LogP contribution is 2.48. The Kier molecular flexibility index (Phi) is 5.07. The van der Waals surface area contributed by atoms with Crippen molar-refractivity contribution >= 4 is 15.8 Å². The van der Waals surface area contributed by atoms with Crippen molar-refractivity contribution in [2.75, 3.05) is 0 Å². The molecular weight excluding hydrogens is 410 g/mol. The van der Waals surface area contributed by atoms with Crippen LogP contribution in [0.5, 0.6) is 0 Å². The van der Waals surface area contributed by atoms with Gasteiger partial charge in [-0.1, -0.05) is 54.8 Å². The van der Waals surface area contributed by atoms with Crippen LogP contribution in [-0.2, 0) is 21.2 Å². The van der Waals surface area contributed by atoms with Gasteiger partial charge in [0.15, 0.2) is 5.78 Å². The zero-order valence-electron chi connectivity index (χ0n) is 18.1. The van der Waals surface area contributed by atoms with E-state index >= 15 is 0 Å². The summed E-state index contributed by atoms with van der Waals surface area (Å²) in [4.78, 5) is 14.0. The van der Waals surface area contributed by atoms with E-state index in [1.807, 2.05) is 50.2 Å². The van der Waals surface area contributed by atoms with Gasteiger partial charge in [-0.3, -0.25) is 4.79 Å². The fourth-order valence-electron chi connectivity index (χ4n) is 5.50. The summed E-state index contributed by atoms with van der Waals surface area (Å²) in [7, 11) is -3.81. The standard InChI is InChI=1S/C25H29NO4S/c1-17-11-13-19(14-12-17)31(28,29)26-21-9-5-6-10-22(21)30-24(26)25(2)16-15-18-7-3-4-8-20(18)23(25)27/h3-4,7-8,11-14,21-22,24H,5-6,9-10,15-16H2,1-2H3/t21-,22-,24?,25?/m0/s1. The summed E-state index contributed by atoms with van der Waals surface area (Å²) >= 11 is 0. The van der Waals surface area contributed by atoms with Gasteiger partial charge in [0.1, 0.15) is 6.23 Å². The maximum atomic E-state index is 13.9. The number of hydrogen-bond acceptors (Lipinski definition) is 4. The number of fused-ring (bicyclic) bond motifs is 2. The Morgan fingerprint density at radius 2 is 1.74 bits per heavy atom. The highest BCUT2D eigenvalue weighted by Gasteiger charge is 2.58. The van der Waals surface area contributed by atoms with Gasteiger partial charge >= 0.3 is 0 Å². The summed E-state index contributed by atoms with van der Waals surface area (Å²) in [5.41, 5.74) is 1.83. The average Bonchev–Trinajstić information content (AvgIpc) is 3.18. The lowest BCUT2D eigenvalue weighted by Crippen LogP contribution is -2.54. The van der Waals surface area contributed by atoms with Gasteiger partial charge in [0.2, 0.25) is 10.0 Å². The van der Waals surface area contributed by atoms with Crippen molar-refractivity contribution in [1.29, 1.82) is 0 Å². The molecule has 0 spiro atoms. The quantitative estimate of drug-likeness (QED) is 0.707. The number of aryl methyl sites for hydroxylation is 2. The van der Waals surface area contributed by atoms with E-state index in [2.05, 4.69) is 0 Å². The van der Waals surface area contributed by atoms with Gasteiger partial charge in [0, 0.05) is 5.56 Å². The number of hydrogen-bond donors (Lipinski definition) is 0. The molecule has 2 aromatic rings. The minimum Gasteiger partial charge on any atom is -0.356 e. The van der Waals surface area contributed by atoms with Crippen molar-refractivity contribution in [3.05, 3.63) is 65.2 Å². The summed E-state index contributed by atoms with van der Waals surface area (Å²) in [6.45, 7) is 3.83. The first kappa shape index (κ1) is 20.9. The SMILES string of the molecule is Cc1ccc(S(=O)(=O)N2C(C3(C)CCc4ccccc4C3=O)O[C@H]3CCCC[C@@H]32)cc1. The van der Waals surface area contributed by atoms with Gasteiger partial charge in [-0.2, -0.15) is 4.31 Å². The molecule has 4 atom stereocenters. The van der Waals surface area contributed by atoms with Crippen LogP contribution in [0, 0.1) is 12.3 Å². The van der Waals surface area contributed by atoms with Crippen molar-refractivity contribution in [3.8, 4) is 0 Å². The highest BCUT2D eigenvalue weighted by molar-refractivity contribution is 7.89. The van der Waals surface area contributed by atoms with Crippen LogP contribution in [0.4, 0.5) is 0 Å². The summed E-state index contributed by atoms with van der Waals surface area (Å²) in [6.07, 6.45) is 3.99. The second-order valence-electron chi connectivity index (χ2n) is 9.43. The number of sulfonamides is 1. The molecule has 3 aliphatic rings. The molecule has 2 aromatic carbocycles. The van der Waals surface area contributed by atoms with Gasteiger partial charge in [-0.25, -0.2) is 8.42 Å². The molecule has 0 radical (unpaired) electrons. The Morgan fingerprint density at radius 3 is 2.52 bits per heavy atom. The Balaban J connectivity index is 1.60. The smallest absolute Gasteiger partial charge is 0.245 e.